The van der Waals surface area contributed by atoms with Crippen LogP contribution in [0.1, 0.15) is 19.3 Å². The lowest BCUT2D eigenvalue weighted by atomic mass is 10.1. The molecule has 0 saturated carbocycles. The molecule has 0 bridgehead atoms. The van der Waals surface area contributed by atoms with Crippen LogP contribution in [0.25, 0.3) is 0 Å². The number of unbranched alkanes of at least 4 members (excludes halogenated alkanes) is 1. The number of hydrazine groups is 1. The van der Waals surface area contributed by atoms with Crippen LogP contribution in [0.15, 0.2) is 5.10 Å². The maximum atomic E-state index is 10.7. The average molecular weight is 203 g/mol. The van der Waals surface area contributed by atoms with Crippen LogP contribution in [0.3, 0.4) is 0 Å². The van der Waals surface area contributed by atoms with Crippen molar-refractivity contribution in [3.8, 4) is 0 Å². The zero-order valence-electron chi connectivity index (χ0n) is 7.94. The van der Waals surface area contributed by atoms with Gasteiger partial charge >= 0.3 is 5.97 Å². The number of carboxylic acids is 1. The number of nitrogens with one attached hydrogen (secondary N) is 2. The second kappa shape index (κ2) is 8.27. The molecule has 0 spiro atoms. The molecule has 0 aromatic carbocycles. The number of nitrogens with two attached hydrogens (primary N) is 2. The Hall–Kier alpha value is -1.34. The summed E-state index contributed by atoms with van der Waals surface area (Å²) in [7, 11) is 0. The molecule has 0 aliphatic rings. The van der Waals surface area contributed by atoms with Crippen LogP contribution in [0.4, 0.5) is 0 Å². The molecule has 0 radical (unpaired) electrons. The number of nitrogens with zero attached hydrogens (tertiary/aromatic N) is 1. The Bertz CT molecular complexity index is 185. The lowest BCUT2D eigenvalue weighted by Gasteiger charge is -2.11. The quantitative estimate of drug-likeness (QED) is 0.108. The average Bonchev–Trinajstić information content (AvgIpc) is 2.15. The van der Waals surface area contributed by atoms with Crippen molar-refractivity contribution >= 4 is 12.3 Å². The zero-order chi connectivity index (χ0) is 10.8. The minimum Gasteiger partial charge on any atom is -0.480 e. The van der Waals surface area contributed by atoms with Gasteiger partial charge in [-0.3, -0.25) is 0 Å². The van der Waals surface area contributed by atoms with E-state index in [1.165, 1.54) is 6.34 Å². The molecule has 0 amide bonds. The maximum absolute atomic E-state index is 10.7. The molecule has 14 heavy (non-hydrogen) atoms. The minimum absolute atomic E-state index is 0.517. The molecule has 0 heterocycles. The molecule has 0 unspecified atom stereocenters. The van der Waals surface area contributed by atoms with Crippen LogP contribution in [0, 0.1) is 0 Å². The fraction of sp³-hybridized carbons (Fsp3) is 0.714. The normalized spacial score (nSPS) is 12.7. The van der Waals surface area contributed by atoms with Gasteiger partial charge in [-0.05, 0) is 25.8 Å². The van der Waals surface area contributed by atoms with Gasteiger partial charge in [0.05, 0.1) is 0 Å². The van der Waals surface area contributed by atoms with Gasteiger partial charge in [0, 0.05) is 0 Å². The second-order valence-electron chi connectivity index (χ2n) is 2.73. The van der Waals surface area contributed by atoms with Crippen molar-refractivity contribution in [1.82, 2.24) is 10.9 Å². The van der Waals surface area contributed by atoms with E-state index in [0.29, 0.717) is 13.0 Å². The van der Waals surface area contributed by atoms with Gasteiger partial charge in [-0.2, -0.15) is 5.10 Å². The highest BCUT2D eigenvalue weighted by molar-refractivity contribution is 5.76. The third-order valence-electron chi connectivity index (χ3n) is 1.66. The molecule has 0 aromatic heterocycles. The van der Waals surface area contributed by atoms with E-state index in [1.54, 1.807) is 0 Å². The lowest BCUT2D eigenvalue weighted by molar-refractivity contribution is -0.139. The third kappa shape index (κ3) is 6.21. The maximum Gasteiger partial charge on any atom is 0.326 e. The molecule has 1 atom stereocenters. The molecule has 7 N–H and O–H groups in total. The molecule has 7 heteroatoms. The van der Waals surface area contributed by atoms with Gasteiger partial charge in [0.25, 0.3) is 0 Å². The fourth-order valence-electron chi connectivity index (χ4n) is 0.935. The number of hydrogen-bond acceptors (Lipinski definition) is 5. The van der Waals surface area contributed by atoms with E-state index >= 15 is 0 Å². The van der Waals surface area contributed by atoms with Crippen LogP contribution in [0.2, 0.25) is 0 Å². The van der Waals surface area contributed by atoms with Crippen molar-refractivity contribution in [3.05, 3.63) is 0 Å². The Morgan fingerprint density at radius 2 is 2.29 bits per heavy atom. The van der Waals surface area contributed by atoms with Crippen LogP contribution >= 0.6 is 0 Å². The van der Waals surface area contributed by atoms with Gasteiger partial charge in [0.1, 0.15) is 12.4 Å². The van der Waals surface area contributed by atoms with Crippen LogP contribution in [-0.2, 0) is 4.79 Å². The van der Waals surface area contributed by atoms with Crippen molar-refractivity contribution in [2.45, 2.75) is 25.3 Å². The van der Waals surface area contributed by atoms with E-state index in [2.05, 4.69) is 10.4 Å². The highest BCUT2D eigenvalue weighted by Crippen LogP contribution is 1.99. The summed E-state index contributed by atoms with van der Waals surface area (Å²) in [5.41, 5.74) is 7.32. The first-order valence-electron chi connectivity index (χ1n) is 4.38. The fourth-order valence-corrected chi connectivity index (χ4v) is 0.935. The van der Waals surface area contributed by atoms with Crippen LogP contribution in [0.5, 0.6) is 0 Å². The van der Waals surface area contributed by atoms with E-state index in [4.69, 9.17) is 16.7 Å². The first-order valence-corrected chi connectivity index (χ1v) is 4.38. The Kier molecular flexibility index (Phi) is 7.48. The third-order valence-corrected chi connectivity index (χ3v) is 1.66. The molecular formula is C7H17N5O2. The summed E-state index contributed by atoms with van der Waals surface area (Å²) in [6.07, 6.45) is 3.33. The predicted molar refractivity (Wildman–Crippen MR) is 53.3 cm³/mol. The summed E-state index contributed by atoms with van der Waals surface area (Å²) in [5.74, 6) is 3.95. The monoisotopic (exact) mass is 203 g/mol. The van der Waals surface area contributed by atoms with Gasteiger partial charge in [0.2, 0.25) is 0 Å². The Labute approximate surface area is 82.5 Å². The van der Waals surface area contributed by atoms with Crippen molar-refractivity contribution in [1.29, 1.82) is 0 Å². The van der Waals surface area contributed by atoms with Crippen molar-refractivity contribution in [2.75, 3.05) is 6.54 Å². The van der Waals surface area contributed by atoms with Crippen LogP contribution in [-0.4, -0.2) is 30.0 Å². The highest BCUT2D eigenvalue weighted by atomic mass is 16.4. The number of carboxylic acid groups (broad SMARTS) is 1. The number of carbonyl (C=O) groups is 1. The smallest absolute Gasteiger partial charge is 0.326 e. The number of aliphatic carboxylic acids is 1. The van der Waals surface area contributed by atoms with Gasteiger partial charge in [-0.1, -0.05) is 0 Å². The molecule has 0 aromatic rings. The zero-order valence-corrected chi connectivity index (χ0v) is 7.94. The molecule has 0 rings (SSSR count). The minimum atomic E-state index is -0.912. The van der Waals surface area contributed by atoms with Crippen molar-refractivity contribution < 1.29 is 9.90 Å². The number of hydrazone groups is 1. The molecule has 0 aliphatic heterocycles. The number of rotatable bonds is 8. The van der Waals surface area contributed by atoms with Gasteiger partial charge in [-0.25, -0.2) is 16.2 Å². The standard InChI is InChI=1S/C7H17N5O2/c8-4-2-1-3-6(7(13)14)10-5-11-12-9/h5-6,12H,1-4,8-9H2,(H,10,11)(H,13,14)/t6-/m1/s1. The largest absolute Gasteiger partial charge is 0.480 e. The van der Waals surface area contributed by atoms with Crippen LogP contribution < -0.4 is 22.4 Å². The SMILES string of the molecule is NCCCC[C@@H](NC=NNN)C(=O)O. The Morgan fingerprint density at radius 3 is 2.79 bits per heavy atom. The summed E-state index contributed by atoms with van der Waals surface area (Å²) in [5, 5.41) is 14.8. The van der Waals surface area contributed by atoms with Gasteiger partial charge in [-0.15, -0.1) is 0 Å². The van der Waals surface area contributed by atoms with E-state index in [9.17, 15) is 4.79 Å². The Morgan fingerprint density at radius 1 is 1.57 bits per heavy atom. The molecule has 0 fully saturated rings. The van der Waals surface area contributed by atoms with E-state index < -0.39 is 12.0 Å². The van der Waals surface area contributed by atoms with Gasteiger partial charge in [0.15, 0.2) is 0 Å². The topological polar surface area (TPSA) is 126 Å². The van der Waals surface area contributed by atoms with E-state index in [0.717, 1.165) is 12.8 Å². The summed E-state index contributed by atoms with van der Waals surface area (Å²) < 4.78 is 0. The van der Waals surface area contributed by atoms with E-state index in [1.807, 2.05) is 5.53 Å². The first kappa shape index (κ1) is 12.7. The lowest BCUT2D eigenvalue weighted by Crippen LogP contribution is -2.36. The van der Waals surface area contributed by atoms with Crippen molar-refractivity contribution in [2.24, 2.45) is 16.7 Å². The molecule has 0 saturated heterocycles. The summed E-state index contributed by atoms with van der Waals surface area (Å²) >= 11 is 0. The first-order chi connectivity index (χ1) is 6.72. The summed E-state index contributed by atoms with van der Waals surface area (Å²) in [6.45, 7) is 0.574. The van der Waals surface area contributed by atoms with E-state index in [-0.39, 0.29) is 0 Å². The highest BCUT2D eigenvalue weighted by Gasteiger charge is 2.14. The van der Waals surface area contributed by atoms with Gasteiger partial charge < -0.3 is 16.2 Å². The predicted octanol–water partition coefficient (Wildman–Crippen LogP) is -1.44. The summed E-state index contributed by atoms with van der Waals surface area (Å²) in [4.78, 5) is 10.7. The molecule has 82 valence electrons. The summed E-state index contributed by atoms with van der Waals surface area (Å²) in [6, 6.07) is -0.640. The second-order valence-corrected chi connectivity index (χ2v) is 2.73. The van der Waals surface area contributed by atoms with Crippen molar-refractivity contribution in [3.63, 3.8) is 0 Å². The Balaban J connectivity index is 3.78. The molecular weight excluding hydrogens is 186 g/mol. The number of hydrogen-bond donors (Lipinski definition) is 5. The molecule has 0 aliphatic carbocycles. The molecule has 7 nitrogen and oxygen atoms in total.